The number of carbonyl (C=O) groups excluding carboxylic acids is 2. The van der Waals surface area contributed by atoms with Gasteiger partial charge in [-0.15, -0.1) is 0 Å². The Morgan fingerprint density at radius 1 is 0.633 bits per heavy atom. The number of hydrogen-bond donors (Lipinski definition) is 0. The first-order valence-corrected chi connectivity index (χ1v) is 15.7. The van der Waals surface area contributed by atoms with Crippen molar-refractivity contribution in [1.82, 2.24) is 14.5 Å². The third-order valence-electron chi connectivity index (χ3n) is 9.26. The Balaban J connectivity index is 1.41. The van der Waals surface area contributed by atoms with E-state index in [9.17, 15) is 20.1 Å². The summed E-state index contributed by atoms with van der Waals surface area (Å²) in [6.45, 7) is 5.83. The van der Waals surface area contributed by atoms with Crippen LogP contribution in [0.3, 0.4) is 0 Å². The third-order valence-corrected chi connectivity index (χ3v) is 9.26. The Labute approximate surface area is 281 Å². The summed E-state index contributed by atoms with van der Waals surface area (Å²) in [6.07, 6.45) is 6.54. The van der Waals surface area contributed by atoms with Crippen LogP contribution in [0.1, 0.15) is 48.5 Å². The Hall–Kier alpha value is -6.90. The Kier molecular flexibility index (Phi) is 6.69. The number of pyridine rings is 2. The topological polar surface area (TPSA) is 116 Å². The molecule has 8 rings (SSSR count). The Morgan fingerprint density at radius 2 is 1.18 bits per heavy atom. The maximum Gasteiger partial charge on any atom is 0.268 e. The predicted octanol–water partition coefficient (Wildman–Crippen LogP) is 8.38. The molecular weight excluding hydrogens is 608 g/mol. The standard InChI is InChI=1S/C41H26N6O2/c1-23-15-24(2)39(25(3)16-23)47-40(48)30-5-4-6-37(38(30)41(47)49)46-35-9-7-26(33-21-44-13-11-28(33)19-42)17-31(35)32-18-27(8-10-36(32)46)34-22-45-14-12-29(34)20-43/h4-18,21-22H,1-3H3. The Bertz CT molecular complexity index is 2530. The number of aromatic nitrogens is 3. The summed E-state index contributed by atoms with van der Waals surface area (Å²) in [5.41, 5.74) is 10.2. The minimum absolute atomic E-state index is 0.330. The summed E-state index contributed by atoms with van der Waals surface area (Å²) < 4.78 is 2.02. The van der Waals surface area contributed by atoms with E-state index in [1.54, 1.807) is 43.0 Å². The lowest BCUT2D eigenvalue weighted by molar-refractivity contribution is 0.0925. The van der Waals surface area contributed by atoms with Crippen molar-refractivity contribution < 1.29 is 9.59 Å². The first kappa shape index (κ1) is 29.5. The molecule has 8 heteroatoms. The first-order chi connectivity index (χ1) is 23.8. The predicted molar refractivity (Wildman–Crippen MR) is 188 cm³/mol. The first-order valence-electron chi connectivity index (χ1n) is 15.7. The van der Waals surface area contributed by atoms with E-state index in [4.69, 9.17) is 0 Å². The van der Waals surface area contributed by atoms with Crippen molar-refractivity contribution in [2.75, 3.05) is 4.90 Å². The highest BCUT2D eigenvalue weighted by Gasteiger charge is 2.40. The van der Waals surface area contributed by atoms with E-state index in [-0.39, 0.29) is 11.8 Å². The minimum Gasteiger partial charge on any atom is -0.308 e. The summed E-state index contributed by atoms with van der Waals surface area (Å²) in [7, 11) is 0. The number of carbonyl (C=O) groups is 2. The Morgan fingerprint density at radius 3 is 1.71 bits per heavy atom. The fourth-order valence-corrected chi connectivity index (χ4v) is 7.24. The van der Waals surface area contributed by atoms with Crippen molar-refractivity contribution in [3.63, 3.8) is 0 Å². The lowest BCUT2D eigenvalue weighted by Gasteiger charge is -2.20. The van der Waals surface area contributed by atoms with Gasteiger partial charge in [0.1, 0.15) is 0 Å². The van der Waals surface area contributed by atoms with Gasteiger partial charge in [-0.25, -0.2) is 4.90 Å². The highest BCUT2D eigenvalue weighted by molar-refractivity contribution is 6.36. The van der Waals surface area contributed by atoms with Crippen molar-refractivity contribution >= 4 is 39.3 Å². The fourth-order valence-electron chi connectivity index (χ4n) is 7.24. The van der Waals surface area contributed by atoms with Crippen LogP contribution < -0.4 is 4.90 Å². The molecule has 4 aromatic carbocycles. The largest absolute Gasteiger partial charge is 0.308 e. The molecule has 0 aliphatic carbocycles. The molecule has 7 aromatic rings. The molecule has 49 heavy (non-hydrogen) atoms. The highest BCUT2D eigenvalue weighted by Crippen LogP contribution is 2.41. The second kappa shape index (κ2) is 11.1. The maximum absolute atomic E-state index is 14.4. The van der Waals surface area contributed by atoms with Gasteiger partial charge in [0.05, 0.1) is 56.8 Å². The van der Waals surface area contributed by atoms with Gasteiger partial charge in [0.15, 0.2) is 0 Å². The van der Waals surface area contributed by atoms with Gasteiger partial charge < -0.3 is 4.57 Å². The molecule has 232 valence electrons. The summed E-state index contributed by atoms with van der Waals surface area (Å²) in [5, 5.41) is 21.4. The van der Waals surface area contributed by atoms with Crippen LogP contribution in [0.2, 0.25) is 0 Å². The molecule has 0 bridgehead atoms. The van der Waals surface area contributed by atoms with Crippen LogP contribution in [0.4, 0.5) is 5.69 Å². The van der Waals surface area contributed by atoms with Gasteiger partial charge in [0.2, 0.25) is 0 Å². The molecule has 0 saturated heterocycles. The van der Waals surface area contributed by atoms with Crippen molar-refractivity contribution in [3.05, 3.63) is 143 Å². The number of aryl methyl sites for hydroxylation is 3. The smallest absolute Gasteiger partial charge is 0.268 e. The number of hydrogen-bond acceptors (Lipinski definition) is 6. The van der Waals surface area contributed by atoms with Crippen LogP contribution in [0.5, 0.6) is 0 Å². The summed E-state index contributed by atoms with van der Waals surface area (Å²) in [4.78, 5) is 38.3. The SMILES string of the molecule is Cc1cc(C)c(N2C(=O)c3cccc(-n4c5ccc(-c6cnccc6C#N)cc5c5cc(-c6cnccc6C#N)ccc54)c3C2=O)c(C)c1. The molecule has 0 spiro atoms. The van der Waals surface area contributed by atoms with Gasteiger partial charge in [-0.1, -0.05) is 35.9 Å². The van der Waals surface area contributed by atoms with E-state index in [0.717, 1.165) is 49.6 Å². The van der Waals surface area contributed by atoms with Crippen LogP contribution in [0, 0.1) is 43.4 Å². The highest BCUT2D eigenvalue weighted by atomic mass is 16.2. The molecule has 8 nitrogen and oxygen atoms in total. The molecule has 1 aliphatic rings. The van der Waals surface area contributed by atoms with E-state index in [1.165, 1.54) is 4.90 Å². The van der Waals surface area contributed by atoms with Gasteiger partial charge in [0.25, 0.3) is 11.8 Å². The number of amides is 2. The van der Waals surface area contributed by atoms with Crippen LogP contribution in [0.25, 0.3) is 49.7 Å². The lowest BCUT2D eigenvalue weighted by Crippen LogP contribution is -2.31. The monoisotopic (exact) mass is 634 g/mol. The molecule has 2 amide bonds. The molecule has 0 radical (unpaired) electrons. The lowest BCUT2D eigenvalue weighted by atomic mass is 9.98. The van der Waals surface area contributed by atoms with E-state index in [0.29, 0.717) is 44.8 Å². The quantitative estimate of drug-likeness (QED) is 0.180. The zero-order valence-corrected chi connectivity index (χ0v) is 26.8. The molecule has 0 saturated carbocycles. The van der Waals surface area contributed by atoms with E-state index < -0.39 is 0 Å². The number of imide groups is 1. The van der Waals surface area contributed by atoms with E-state index >= 15 is 0 Å². The van der Waals surface area contributed by atoms with Crippen molar-refractivity contribution in [3.8, 4) is 40.1 Å². The van der Waals surface area contributed by atoms with Gasteiger partial charge >= 0.3 is 0 Å². The molecule has 1 aliphatic heterocycles. The number of nitriles is 2. The van der Waals surface area contributed by atoms with Crippen LogP contribution in [-0.2, 0) is 0 Å². The number of anilines is 1. The fraction of sp³-hybridized carbons (Fsp3) is 0.0732. The zero-order chi connectivity index (χ0) is 34.0. The van der Waals surface area contributed by atoms with Crippen molar-refractivity contribution in [1.29, 1.82) is 10.5 Å². The minimum atomic E-state index is -0.378. The third kappa shape index (κ3) is 4.43. The van der Waals surface area contributed by atoms with Crippen LogP contribution in [0.15, 0.2) is 104 Å². The van der Waals surface area contributed by atoms with Crippen molar-refractivity contribution in [2.24, 2.45) is 0 Å². The molecule has 0 fully saturated rings. The van der Waals surface area contributed by atoms with Crippen LogP contribution >= 0.6 is 0 Å². The average molecular weight is 635 g/mol. The summed E-state index contributed by atoms with van der Waals surface area (Å²) in [6, 6.07) is 29.1. The number of fused-ring (bicyclic) bond motifs is 4. The summed E-state index contributed by atoms with van der Waals surface area (Å²) in [5.74, 6) is -0.736. The number of rotatable bonds is 4. The maximum atomic E-state index is 14.4. The zero-order valence-electron chi connectivity index (χ0n) is 26.8. The number of benzene rings is 4. The number of nitrogens with zero attached hydrogens (tertiary/aromatic N) is 6. The second-order valence-corrected chi connectivity index (χ2v) is 12.3. The molecule has 0 N–H and O–H groups in total. The molecule has 0 unspecified atom stereocenters. The van der Waals surface area contributed by atoms with E-state index in [2.05, 4.69) is 22.1 Å². The molecular formula is C41H26N6O2. The van der Waals surface area contributed by atoms with Gasteiger partial charge in [-0.2, -0.15) is 10.5 Å². The van der Waals surface area contributed by atoms with E-state index in [1.807, 2.05) is 86.0 Å². The molecule has 4 heterocycles. The normalized spacial score (nSPS) is 12.4. The van der Waals surface area contributed by atoms with Crippen molar-refractivity contribution in [2.45, 2.75) is 20.8 Å². The molecule has 0 atom stereocenters. The average Bonchev–Trinajstić information content (AvgIpc) is 3.57. The summed E-state index contributed by atoms with van der Waals surface area (Å²) >= 11 is 0. The van der Waals surface area contributed by atoms with Gasteiger partial charge in [-0.3, -0.25) is 19.6 Å². The van der Waals surface area contributed by atoms with Crippen LogP contribution in [-0.4, -0.2) is 26.3 Å². The van der Waals surface area contributed by atoms with Gasteiger partial charge in [-0.05, 0) is 91.6 Å². The van der Waals surface area contributed by atoms with Gasteiger partial charge in [0, 0.05) is 46.7 Å². The molecule has 3 aromatic heterocycles. The second-order valence-electron chi connectivity index (χ2n) is 12.3.